The normalized spacial score (nSPS) is 17.5. The van der Waals surface area contributed by atoms with Gasteiger partial charge in [0.2, 0.25) is 11.8 Å². The molecular formula is C26H32F2N2O5. The van der Waals surface area contributed by atoms with Crippen molar-refractivity contribution in [3.8, 4) is 17.2 Å². The fourth-order valence-corrected chi connectivity index (χ4v) is 4.24. The lowest BCUT2D eigenvalue weighted by Gasteiger charge is -2.22. The second kappa shape index (κ2) is 11.9. The molecule has 1 heterocycles. The van der Waals surface area contributed by atoms with Crippen LogP contribution in [0.3, 0.4) is 0 Å². The Morgan fingerprint density at radius 1 is 1.09 bits per heavy atom. The molecular weight excluding hydrogens is 458 g/mol. The monoisotopic (exact) mass is 490 g/mol. The van der Waals surface area contributed by atoms with Crippen LogP contribution in [0, 0.1) is 0 Å². The maximum atomic E-state index is 13.1. The zero-order chi connectivity index (χ0) is 25.5. The van der Waals surface area contributed by atoms with Crippen LogP contribution in [0.4, 0.5) is 8.78 Å². The van der Waals surface area contributed by atoms with Gasteiger partial charge in [-0.25, -0.2) is 0 Å². The molecule has 0 aliphatic carbocycles. The zero-order valence-corrected chi connectivity index (χ0v) is 20.4. The number of amides is 2. The van der Waals surface area contributed by atoms with E-state index in [0.29, 0.717) is 25.3 Å². The van der Waals surface area contributed by atoms with Gasteiger partial charge in [0.05, 0.1) is 12.7 Å². The van der Waals surface area contributed by atoms with Crippen molar-refractivity contribution < 1.29 is 32.6 Å². The van der Waals surface area contributed by atoms with Gasteiger partial charge >= 0.3 is 6.61 Å². The molecule has 0 spiro atoms. The standard InChI is InChI=1S/C26H32F2N2O5/c1-5-33-22-9-7-6-8-19(22)14-29-25(32)21-12-20(15-30(21)17(4)31)18-10-11-23(35-26(27)28)24(13-18)34-16(2)3/h6-11,13,16,20-21,26H,5,12,14-15H2,1-4H3,(H,29,32)/t20?,21-/m1/s1. The van der Waals surface area contributed by atoms with Crippen LogP contribution in [0.15, 0.2) is 42.5 Å². The summed E-state index contributed by atoms with van der Waals surface area (Å²) in [5, 5.41) is 2.92. The van der Waals surface area contributed by atoms with Crippen molar-refractivity contribution in [1.82, 2.24) is 10.2 Å². The number of halogens is 2. The fraction of sp³-hybridized carbons (Fsp3) is 0.462. The van der Waals surface area contributed by atoms with Gasteiger partial charge in [0, 0.05) is 31.5 Å². The van der Waals surface area contributed by atoms with E-state index in [4.69, 9.17) is 9.47 Å². The summed E-state index contributed by atoms with van der Waals surface area (Å²) < 4.78 is 41.5. The first-order valence-corrected chi connectivity index (χ1v) is 11.7. The molecule has 2 atom stereocenters. The molecule has 9 heteroatoms. The summed E-state index contributed by atoms with van der Waals surface area (Å²) in [6.07, 6.45) is 0.148. The Morgan fingerprint density at radius 2 is 1.83 bits per heavy atom. The fourth-order valence-electron chi connectivity index (χ4n) is 4.24. The number of rotatable bonds is 10. The highest BCUT2D eigenvalue weighted by Crippen LogP contribution is 2.38. The van der Waals surface area contributed by atoms with Gasteiger partial charge in [-0.2, -0.15) is 8.78 Å². The van der Waals surface area contributed by atoms with Gasteiger partial charge in [-0.3, -0.25) is 9.59 Å². The van der Waals surface area contributed by atoms with E-state index in [0.717, 1.165) is 11.1 Å². The van der Waals surface area contributed by atoms with Crippen LogP contribution in [0.1, 0.15) is 51.2 Å². The molecule has 1 saturated heterocycles. The summed E-state index contributed by atoms with van der Waals surface area (Å²) >= 11 is 0. The molecule has 2 aromatic rings. The van der Waals surface area contributed by atoms with Crippen LogP contribution < -0.4 is 19.5 Å². The number of ether oxygens (including phenoxy) is 3. The lowest BCUT2D eigenvalue weighted by atomic mass is 9.95. The second-order valence-electron chi connectivity index (χ2n) is 8.63. The van der Waals surface area contributed by atoms with E-state index in [-0.39, 0.29) is 41.9 Å². The average molecular weight is 491 g/mol. The number of para-hydroxylation sites is 1. The third-order valence-electron chi connectivity index (χ3n) is 5.75. The minimum Gasteiger partial charge on any atom is -0.494 e. The first kappa shape index (κ1) is 26.2. The third kappa shape index (κ3) is 6.83. The van der Waals surface area contributed by atoms with E-state index in [2.05, 4.69) is 10.1 Å². The predicted molar refractivity (Wildman–Crippen MR) is 127 cm³/mol. The van der Waals surface area contributed by atoms with Crippen LogP contribution in [-0.4, -0.2) is 48.6 Å². The highest BCUT2D eigenvalue weighted by Gasteiger charge is 2.39. The first-order valence-electron chi connectivity index (χ1n) is 11.7. The number of nitrogens with one attached hydrogen (secondary N) is 1. The molecule has 3 rings (SSSR count). The van der Waals surface area contributed by atoms with Gasteiger partial charge in [-0.1, -0.05) is 24.3 Å². The molecule has 190 valence electrons. The van der Waals surface area contributed by atoms with Gasteiger partial charge in [0.15, 0.2) is 11.5 Å². The van der Waals surface area contributed by atoms with Gasteiger partial charge in [-0.15, -0.1) is 0 Å². The zero-order valence-electron chi connectivity index (χ0n) is 20.4. The van der Waals surface area contributed by atoms with Crippen molar-refractivity contribution in [2.45, 2.75) is 65.3 Å². The van der Waals surface area contributed by atoms with Crippen LogP contribution in [0.2, 0.25) is 0 Å². The van der Waals surface area contributed by atoms with Gasteiger partial charge in [0.1, 0.15) is 11.8 Å². The Kier molecular flexibility index (Phi) is 8.89. The summed E-state index contributed by atoms with van der Waals surface area (Å²) in [6, 6.07) is 11.6. The maximum absolute atomic E-state index is 13.1. The molecule has 1 N–H and O–H groups in total. The van der Waals surface area contributed by atoms with E-state index in [9.17, 15) is 18.4 Å². The second-order valence-corrected chi connectivity index (χ2v) is 8.63. The van der Waals surface area contributed by atoms with Crippen molar-refractivity contribution in [2.75, 3.05) is 13.2 Å². The number of alkyl halides is 2. The summed E-state index contributed by atoms with van der Waals surface area (Å²) in [6.45, 7) is 5.04. The molecule has 1 fully saturated rings. The van der Waals surface area contributed by atoms with Crippen LogP contribution >= 0.6 is 0 Å². The molecule has 1 aliphatic rings. The van der Waals surface area contributed by atoms with E-state index >= 15 is 0 Å². The number of hydrogen-bond donors (Lipinski definition) is 1. The molecule has 2 amide bonds. The smallest absolute Gasteiger partial charge is 0.387 e. The van der Waals surface area contributed by atoms with Crippen LogP contribution in [-0.2, 0) is 16.1 Å². The lowest BCUT2D eigenvalue weighted by Crippen LogP contribution is -2.44. The predicted octanol–water partition coefficient (Wildman–Crippen LogP) is 4.49. The Balaban J connectivity index is 1.76. The van der Waals surface area contributed by atoms with Crippen molar-refractivity contribution in [3.63, 3.8) is 0 Å². The summed E-state index contributed by atoms with van der Waals surface area (Å²) in [5.74, 6) is 0.213. The Bertz CT molecular complexity index is 1030. The highest BCUT2D eigenvalue weighted by atomic mass is 19.3. The largest absolute Gasteiger partial charge is 0.494 e. The molecule has 0 aromatic heterocycles. The summed E-state index contributed by atoms with van der Waals surface area (Å²) in [7, 11) is 0. The minimum absolute atomic E-state index is 0.0545. The minimum atomic E-state index is -2.98. The van der Waals surface area contributed by atoms with E-state index in [1.165, 1.54) is 13.0 Å². The average Bonchev–Trinajstić information content (AvgIpc) is 3.25. The number of hydrogen-bond acceptors (Lipinski definition) is 5. The topological polar surface area (TPSA) is 77.1 Å². The number of carbonyl (C=O) groups excluding carboxylic acids is 2. The van der Waals surface area contributed by atoms with Gasteiger partial charge < -0.3 is 24.4 Å². The molecule has 35 heavy (non-hydrogen) atoms. The number of likely N-dealkylation sites (tertiary alicyclic amines) is 1. The van der Waals surface area contributed by atoms with E-state index < -0.39 is 12.7 Å². The first-order chi connectivity index (χ1) is 16.7. The summed E-state index contributed by atoms with van der Waals surface area (Å²) in [4.78, 5) is 27.0. The highest BCUT2D eigenvalue weighted by molar-refractivity contribution is 5.87. The van der Waals surface area contributed by atoms with Crippen molar-refractivity contribution >= 4 is 11.8 Å². The lowest BCUT2D eigenvalue weighted by molar-refractivity contribution is -0.136. The van der Waals surface area contributed by atoms with Crippen molar-refractivity contribution in [2.24, 2.45) is 0 Å². The molecule has 0 bridgehead atoms. The number of carbonyl (C=O) groups is 2. The maximum Gasteiger partial charge on any atom is 0.387 e. The van der Waals surface area contributed by atoms with Crippen LogP contribution in [0.25, 0.3) is 0 Å². The third-order valence-corrected chi connectivity index (χ3v) is 5.75. The van der Waals surface area contributed by atoms with Gasteiger partial charge in [0.25, 0.3) is 0 Å². The molecule has 1 aliphatic heterocycles. The molecule has 1 unspecified atom stereocenters. The van der Waals surface area contributed by atoms with Crippen molar-refractivity contribution in [3.05, 3.63) is 53.6 Å². The Labute approximate surface area is 204 Å². The van der Waals surface area contributed by atoms with Gasteiger partial charge in [-0.05, 0) is 51.0 Å². The molecule has 2 aromatic carbocycles. The molecule has 7 nitrogen and oxygen atoms in total. The SMILES string of the molecule is CCOc1ccccc1CNC(=O)[C@H]1CC(c2ccc(OC(F)F)c(OC(C)C)c2)CN1C(C)=O. The Morgan fingerprint density at radius 3 is 2.49 bits per heavy atom. The number of nitrogens with zero attached hydrogens (tertiary/aromatic N) is 1. The summed E-state index contributed by atoms with van der Waals surface area (Å²) in [5.41, 5.74) is 1.63. The van der Waals surface area contributed by atoms with E-state index in [1.54, 1.807) is 30.9 Å². The van der Waals surface area contributed by atoms with Crippen molar-refractivity contribution in [1.29, 1.82) is 0 Å². The number of benzene rings is 2. The molecule has 0 saturated carbocycles. The Hall–Kier alpha value is -3.36. The quantitative estimate of drug-likeness (QED) is 0.531. The van der Waals surface area contributed by atoms with Crippen LogP contribution in [0.5, 0.6) is 17.2 Å². The molecule has 0 radical (unpaired) electrons. The van der Waals surface area contributed by atoms with E-state index in [1.807, 2.05) is 31.2 Å².